The molecule has 13 heteroatoms. The Labute approximate surface area is 197 Å². The van der Waals surface area contributed by atoms with Crippen molar-refractivity contribution in [1.82, 2.24) is 34.4 Å². The van der Waals surface area contributed by atoms with Gasteiger partial charge in [0.25, 0.3) is 5.91 Å². The normalized spacial score (nSPS) is 20.7. The standard InChI is InChI=1S/C22H22F4N8O/c1-13-27-5-7-33(13)21-28-8-14(9-29-21)19(35)34(16-2-3-16)18-4-6-32(12-17(18)23)20-30-10-15(11-31-20)22(24,25)26/h5,7-11,16-18H,2-4,6,12H2,1H3. The minimum atomic E-state index is -4.54. The topological polar surface area (TPSA) is 92.9 Å². The summed E-state index contributed by atoms with van der Waals surface area (Å²) >= 11 is 0. The van der Waals surface area contributed by atoms with E-state index in [1.807, 2.05) is 0 Å². The van der Waals surface area contributed by atoms with Crippen LogP contribution in [0.4, 0.5) is 23.5 Å². The quantitative estimate of drug-likeness (QED) is 0.508. The number of piperidine rings is 1. The van der Waals surface area contributed by atoms with E-state index >= 15 is 4.39 Å². The van der Waals surface area contributed by atoms with Crippen molar-refractivity contribution in [2.24, 2.45) is 0 Å². The molecule has 184 valence electrons. The zero-order chi connectivity index (χ0) is 24.7. The van der Waals surface area contributed by atoms with E-state index in [1.165, 1.54) is 17.3 Å². The number of carbonyl (C=O) groups is 1. The summed E-state index contributed by atoms with van der Waals surface area (Å²) in [6, 6.07) is -0.730. The molecule has 3 aromatic rings. The number of nitrogens with zero attached hydrogens (tertiary/aromatic N) is 8. The van der Waals surface area contributed by atoms with E-state index in [2.05, 4.69) is 24.9 Å². The van der Waals surface area contributed by atoms with Crippen molar-refractivity contribution in [3.63, 3.8) is 0 Å². The number of hydrogen-bond acceptors (Lipinski definition) is 7. The second kappa shape index (κ2) is 8.86. The third kappa shape index (κ3) is 4.66. The van der Waals surface area contributed by atoms with Crippen LogP contribution in [0.5, 0.6) is 0 Å². The van der Waals surface area contributed by atoms with Gasteiger partial charge in [0.2, 0.25) is 11.9 Å². The maximum absolute atomic E-state index is 15.3. The molecule has 0 spiro atoms. The summed E-state index contributed by atoms with van der Waals surface area (Å²) in [5, 5.41) is 0. The fourth-order valence-corrected chi connectivity index (χ4v) is 4.25. The predicted octanol–water partition coefficient (Wildman–Crippen LogP) is 3.00. The highest BCUT2D eigenvalue weighted by Gasteiger charge is 2.44. The second-order valence-electron chi connectivity index (χ2n) is 8.65. The lowest BCUT2D eigenvalue weighted by molar-refractivity contribution is -0.138. The Morgan fingerprint density at radius 1 is 1.00 bits per heavy atom. The van der Waals surface area contributed by atoms with Crippen LogP contribution < -0.4 is 4.90 Å². The number of rotatable bonds is 5. The monoisotopic (exact) mass is 490 g/mol. The molecule has 9 nitrogen and oxygen atoms in total. The van der Waals surface area contributed by atoms with Gasteiger partial charge in [-0.2, -0.15) is 13.2 Å². The largest absolute Gasteiger partial charge is 0.419 e. The summed E-state index contributed by atoms with van der Waals surface area (Å²) in [5.74, 6) is 0.769. The molecule has 2 unspecified atom stereocenters. The Morgan fingerprint density at radius 3 is 2.20 bits per heavy atom. The first-order chi connectivity index (χ1) is 16.7. The number of imidazole rings is 1. The molecule has 1 saturated heterocycles. The average molecular weight is 490 g/mol. The average Bonchev–Trinajstić information content (AvgIpc) is 3.59. The fourth-order valence-electron chi connectivity index (χ4n) is 4.25. The summed E-state index contributed by atoms with van der Waals surface area (Å²) in [5.41, 5.74) is -0.700. The molecule has 0 bridgehead atoms. The van der Waals surface area contributed by atoms with Crippen LogP contribution in [0.3, 0.4) is 0 Å². The van der Waals surface area contributed by atoms with Gasteiger partial charge < -0.3 is 9.80 Å². The Hall–Kier alpha value is -3.64. The summed E-state index contributed by atoms with van der Waals surface area (Å²) in [4.78, 5) is 36.6. The maximum atomic E-state index is 15.3. The van der Waals surface area contributed by atoms with Gasteiger partial charge in [0.05, 0.1) is 23.7 Å². The molecule has 2 atom stereocenters. The minimum Gasteiger partial charge on any atom is -0.338 e. The molecule has 1 amide bonds. The third-order valence-electron chi connectivity index (χ3n) is 6.21. The number of hydrogen-bond donors (Lipinski definition) is 0. The van der Waals surface area contributed by atoms with E-state index in [4.69, 9.17) is 0 Å². The van der Waals surface area contributed by atoms with Gasteiger partial charge in [-0.15, -0.1) is 0 Å². The van der Waals surface area contributed by atoms with Crippen LogP contribution in [0.1, 0.15) is 41.0 Å². The highest BCUT2D eigenvalue weighted by molar-refractivity contribution is 5.94. The van der Waals surface area contributed by atoms with E-state index in [9.17, 15) is 18.0 Å². The van der Waals surface area contributed by atoms with Crippen LogP contribution >= 0.6 is 0 Å². The molecule has 35 heavy (non-hydrogen) atoms. The number of anilines is 1. The lowest BCUT2D eigenvalue weighted by atomic mass is 10.00. The van der Waals surface area contributed by atoms with Gasteiger partial charge in [-0.3, -0.25) is 9.36 Å². The molecular formula is C22H22F4N8O. The lowest BCUT2D eigenvalue weighted by Crippen LogP contribution is -2.55. The number of alkyl halides is 4. The molecular weight excluding hydrogens is 468 g/mol. The summed E-state index contributed by atoms with van der Waals surface area (Å²) in [7, 11) is 0. The van der Waals surface area contributed by atoms with Crippen molar-refractivity contribution < 1.29 is 22.4 Å². The highest BCUT2D eigenvalue weighted by Crippen LogP contribution is 2.35. The Morgan fingerprint density at radius 2 is 1.66 bits per heavy atom. The molecule has 5 rings (SSSR count). The molecule has 1 aliphatic heterocycles. The van der Waals surface area contributed by atoms with E-state index in [0.29, 0.717) is 37.1 Å². The molecule has 1 saturated carbocycles. The first-order valence-electron chi connectivity index (χ1n) is 11.2. The van der Waals surface area contributed by atoms with Crippen molar-refractivity contribution in [1.29, 1.82) is 0 Å². The summed E-state index contributed by atoms with van der Waals surface area (Å²) < 4.78 is 55.3. The second-order valence-corrected chi connectivity index (χ2v) is 8.65. The molecule has 0 radical (unpaired) electrons. The van der Waals surface area contributed by atoms with Crippen molar-refractivity contribution >= 4 is 11.9 Å². The van der Waals surface area contributed by atoms with Crippen LogP contribution in [-0.4, -0.2) is 71.6 Å². The SMILES string of the molecule is Cc1nccn1-c1ncc(C(=O)N(C2CC2)C2CCN(c3ncc(C(F)(F)F)cn3)CC2F)cn1. The molecule has 2 fully saturated rings. The van der Waals surface area contributed by atoms with Crippen LogP contribution in [0.25, 0.3) is 5.95 Å². The maximum Gasteiger partial charge on any atom is 0.419 e. The van der Waals surface area contributed by atoms with Gasteiger partial charge in [0, 0.05) is 49.8 Å². The molecule has 0 aromatic carbocycles. The number of aromatic nitrogens is 6. The smallest absolute Gasteiger partial charge is 0.338 e. The van der Waals surface area contributed by atoms with E-state index < -0.39 is 24.0 Å². The van der Waals surface area contributed by atoms with Gasteiger partial charge >= 0.3 is 6.18 Å². The highest BCUT2D eigenvalue weighted by atomic mass is 19.4. The molecule has 1 aliphatic carbocycles. The Balaban J connectivity index is 1.29. The fraction of sp³-hybridized carbons (Fsp3) is 0.455. The van der Waals surface area contributed by atoms with Crippen molar-refractivity contribution in [3.8, 4) is 5.95 Å². The van der Waals surface area contributed by atoms with Crippen LogP contribution in [0.15, 0.2) is 37.2 Å². The van der Waals surface area contributed by atoms with Crippen molar-refractivity contribution in [2.45, 2.75) is 50.6 Å². The Kier molecular flexibility index (Phi) is 5.85. The van der Waals surface area contributed by atoms with Crippen LogP contribution in [0, 0.1) is 6.92 Å². The van der Waals surface area contributed by atoms with Gasteiger partial charge in [0.15, 0.2) is 0 Å². The van der Waals surface area contributed by atoms with E-state index in [-0.39, 0.29) is 30.0 Å². The third-order valence-corrected chi connectivity index (χ3v) is 6.21. The van der Waals surface area contributed by atoms with Gasteiger partial charge in [-0.25, -0.2) is 29.3 Å². The first kappa shape index (κ1) is 23.1. The van der Waals surface area contributed by atoms with Gasteiger partial charge in [0.1, 0.15) is 12.0 Å². The number of carbonyl (C=O) groups excluding carboxylic acids is 1. The van der Waals surface area contributed by atoms with Crippen LogP contribution in [0.2, 0.25) is 0 Å². The molecule has 0 N–H and O–H groups in total. The summed E-state index contributed by atoms with van der Waals surface area (Å²) in [6.07, 6.45) is 3.47. The first-order valence-corrected chi connectivity index (χ1v) is 11.2. The summed E-state index contributed by atoms with van der Waals surface area (Å²) in [6.45, 7) is 1.99. The molecule has 2 aliphatic rings. The number of amides is 1. The predicted molar refractivity (Wildman–Crippen MR) is 116 cm³/mol. The van der Waals surface area contributed by atoms with Gasteiger partial charge in [-0.05, 0) is 26.2 Å². The zero-order valence-corrected chi connectivity index (χ0v) is 18.7. The number of halogens is 4. The van der Waals surface area contributed by atoms with Crippen LogP contribution in [-0.2, 0) is 6.18 Å². The zero-order valence-electron chi connectivity index (χ0n) is 18.7. The Bertz CT molecular complexity index is 1190. The van der Waals surface area contributed by atoms with E-state index in [1.54, 1.807) is 28.8 Å². The van der Waals surface area contributed by atoms with Crippen molar-refractivity contribution in [2.75, 3.05) is 18.0 Å². The van der Waals surface area contributed by atoms with Crippen molar-refractivity contribution in [3.05, 3.63) is 54.1 Å². The molecule has 3 aromatic heterocycles. The minimum absolute atomic E-state index is 0.0298. The van der Waals surface area contributed by atoms with Gasteiger partial charge in [-0.1, -0.05) is 0 Å². The lowest BCUT2D eigenvalue weighted by Gasteiger charge is -2.41. The van der Waals surface area contributed by atoms with E-state index in [0.717, 1.165) is 12.8 Å². The molecule has 4 heterocycles. The number of aryl methyl sites for hydroxylation is 1.